The van der Waals surface area contributed by atoms with E-state index in [1.54, 1.807) is 12.3 Å². The van der Waals surface area contributed by atoms with E-state index in [0.29, 0.717) is 12.4 Å². The Hall–Kier alpha value is -2.76. The zero-order chi connectivity index (χ0) is 16.2. The third-order valence-electron chi connectivity index (χ3n) is 3.47. The van der Waals surface area contributed by atoms with Crippen LogP contribution in [-0.4, -0.2) is 17.7 Å². The van der Waals surface area contributed by atoms with Crippen LogP contribution in [0.15, 0.2) is 36.5 Å². The van der Waals surface area contributed by atoms with E-state index in [1.165, 1.54) is 0 Å². The number of amides is 1. The van der Waals surface area contributed by atoms with E-state index in [9.17, 15) is 4.79 Å². The van der Waals surface area contributed by atoms with Crippen molar-refractivity contribution in [3.8, 4) is 11.5 Å². The maximum Gasteiger partial charge on any atom is 0.231 e. The number of anilines is 2. The van der Waals surface area contributed by atoms with Gasteiger partial charge in [-0.1, -0.05) is 19.9 Å². The first kappa shape index (κ1) is 15.1. The lowest BCUT2D eigenvalue weighted by molar-refractivity contribution is -0.118. The number of carbonyl (C=O) groups is 1. The summed E-state index contributed by atoms with van der Waals surface area (Å²) in [6.07, 6.45) is 1.70. The molecule has 0 unspecified atom stereocenters. The van der Waals surface area contributed by atoms with Crippen molar-refractivity contribution in [2.24, 2.45) is 5.92 Å². The molecule has 0 atom stereocenters. The van der Waals surface area contributed by atoms with Crippen LogP contribution in [0.5, 0.6) is 11.5 Å². The number of aromatic nitrogens is 1. The molecule has 1 aliphatic heterocycles. The predicted molar refractivity (Wildman–Crippen MR) is 87.6 cm³/mol. The molecule has 0 saturated carbocycles. The molecule has 0 saturated heterocycles. The fourth-order valence-electron chi connectivity index (χ4n) is 2.10. The monoisotopic (exact) mass is 313 g/mol. The van der Waals surface area contributed by atoms with Crippen molar-refractivity contribution >= 4 is 17.4 Å². The summed E-state index contributed by atoms with van der Waals surface area (Å²) in [6.45, 7) is 4.61. The standard InChI is InChI=1S/C17H19N3O3/c1-11(2)17(21)20-16-6-4-13(9-19-16)18-8-12-3-5-14-15(7-12)23-10-22-14/h3-7,9,11,18H,8,10H2,1-2H3,(H,19,20,21). The largest absolute Gasteiger partial charge is 0.454 e. The minimum atomic E-state index is -0.0689. The molecule has 6 nitrogen and oxygen atoms in total. The number of hydrogen-bond acceptors (Lipinski definition) is 5. The van der Waals surface area contributed by atoms with E-state index >= 15 is 0 Å². The molecule has 120 valence electrons. The van der Waals surface area contributed by atoms with Crippen molar-refractivity contribution in [3.63, 3.8) is 0 Å². The molecule has 0 radical (unpaired) electrons. The highest BCUT2D eigenvalue weighted by Gasteiger charge is 2.13. The van der Waals surface area contributed by atoms with Crippen LogP contribution in [0.25, 0.3) is 0 Å². The van der Waals surface area contributed by atoms with E-state index in [2.05, 4.69) is 15.6 Å². The molecule has 1 aliphatic rings. The van der Waals surface area contributed by atoms with Crippen LogP contribution in [-0.2, 0) is 11.3 Å². The van der Waals surface area contributed by atoms with Crippen molar-refractivity contribution in [1.82, 2.24) is 4.98 Å². The molecule has 0 aliphatic carbocycles. The van der Waals surface area contributed by atoms with Gasteiger partial charge in [0.05, 0.1) is 11.9 Å². The van der Waals surface area contributed by atoms with Crippen LogP contribution < -0.4 is 20.1 Å². The molecule has 1 aromatic carbocycles. The number of carbonyl (C=O) groups excluding carboxylic acids is 1. The summed E-state index contributed by atoms with van der Waals surface area (Å²) in [5.74, 6) is 1.99. The second kappa shape index (κ2) is 6.56. The number of rotatable bonds is 5. The van der Waals surface area contributed by atoms with Gasteiger partial charge in [-0.05, 0) is 29.8 Å². The van der Waals surface area contributed by atoms with Crippen molar-refractivity contribution in [2.75, 3.05) is 17.4 Å². The Morgan fingerprint density at radius 3 is 2.78 bits per heavy atom. The minimum Gasteiger partial charge on any atom is -0.454 e. The fourth-order valence-corrected chi connectivity index (χ4v) is 2.10. The van der Waals surface area contributed by atoms with E-state index in [-0.39, 0.29) is 18.6 Å². The number of benzene rings is 1. The average molecular weight is 313 g/mol. The highest BCUT2D eigenvalue weighted by atomic mass is 16.7. The number of pyridine rings is 1. The second-order valence-electron chi connectivity index (χ2n) is 5.62. The van der Waals surface area contributed by atoms with Crippen molar-refractivity contribution in [2.45, 2.75) is 20.4 Å². The van der Waals surface area contributed by atoms with Gasteiger partial charge in [0.1, 0.15) is 5.82 Å². The first-order valence-electron chi connectivity index (χ1n) is 7.51. The van der Waals surface area contributed by atoms with Crippen LogP contribution >= 0.6 is 0 Å². The minimum absolute atomic E-state index is 0.0430. The van der Waals surface area contributed by atoms with Gasteiger partial charge < -0.3 is 20.1 Å². The number of nitrogens with one attached hydrogen (secondary N) is 2. The van der Waals surface area contributed by atoms with Crippen LogP contribution in [0.3, 0.4) is 0 Å². The normalized spacial score (nSPS) is 12.3. The van der Waals surface area contributed by atoms with E-state index in [4.69, 9.17) is 9.47 Å². The Kier molecular flexibility index (Phi) is 4.32. The van der Waals surface area contributed by atoms with Gasteiger partial charge in [-0.2, -0.15) is 0 Å². The third-order valence-corrected chi connectivity index (χ3v) is 3.47. The van der Waals surface area contributed by atoms with Crippen molar-refractivity contribution in [1.29, 1.82) is 0 Å². The Morgan fingerprint density at radius 1 is 1.22 bits per heavy atom. The lowest BCUT2D eigenvalue weighted by Gasteiger charge is -2.09. The summed E-state index contributed by atoms with van der Waals surface area (Å²) in [6, 6.07) is 9.52. The Bertz CT molecular complexity index is 699. The molecule has 2 N–H and O–H groups in total. The molecule has 0 bridgehead atoms. The van der Waals surface area contributed by atoms with Crippen LogP contribution in [0.4, 0.5) is 11.5 Å². The lowest BCUT2D eigenvalue weighted by atomic mass is 10.2. The lowest BCUT2D eigenvalue weighted by Crippen LogP contribution is -2.18. The molecular formula is C17H19N3O3. The number of nitrogens with zero attached hydrogens (tertiary/aromatic N) is 1. The average Bonchev–Trinajstić information content (AvgIpc) is 3.01. The third kappa shape index (κ3) is 3.71. The predicted octanol–water partition coefficient (Wildman–Crippen LogP) is 3.02. The first-order chi connectivity index (χ1) is 11.1. The molecule has 0 spiro atoms. The molecule has 1 amide bonds. The van der Waals surface area contributed by atoms with E-state index in [0.717, 1.165) is 22.7 Å². The van der Waals surface area contributed by atoms with Gasteiger partial charge in [0.2, 0.25) is 12.7 Å². The number of fused-ring (bicyclic) bond motifs is 1. The maximum absolute atomic E-state index is 11.6. The highest BCUT2D eigenvalue weighted by Crippen LogP contribution is 2.32. The molecule has 0 fully saturated rings. The topological polar surface area (TPSA) is 72.5 Å². The smallest absolute Gasteiger partial charge is 0.231 e. The summed E-state index contributed by atoms with van der Waals surface area (Å²) < 4.78 is 10.7. The number of ether oxygens (including phenoxy) is 2. The Labute approximate surface area is 134 Å². The zero-order valence-corrected chi connectivity index (χ0v) is 13.1. The SMILES string of the molecule is CC(C)C(=O)Nc1ccc(NCc2ccc3c(c2)OCO3)cn1. The molecule has 1 aromatic heterocycles. The summed E-state index contributed by atoms with van der Waals surface area (Å²) in [5.41, 5.74) is 1.97. The van der Waals surface area contributed by atoms with Gasteiger partial charge in [0.15, 0.2) is 11.5 Å². The zero-order valence-electron chi connectivity index (χ0n) is 13.1. The molecule has 6 heteroatoms. The van der Waals surface area contributed by atoms with Gasteiger partial charge in [0, 0.05) is 12.5 Å². The Balaban J connectivity index is 1.57. The summed E-state index contributed by atoms with van der Waals surface area (Å²) >= 11 is 0. The van der Waals surface area contributed by atoms with Crippen LogP contribution in [0.2, 0.25) is 0 Å². The summed E-state index contributed by atoms with van der Waals surface area (Å²) in [5, 5.41) is 6.05. The van der Waals surface area contributed by atoms with Crippen molar-refractivity contribution < 1.29 is 14.3 Å². The molecule has 2 aromatic rings. The molecule has 2 heterocycles. The van der Waals surface area contributed by atoms with E-state index in [1.807, 2.05) is 38.1 Å². The molecule has 23 heavy (non-hydrogen) atoms. The summed E-state index contributed by atoms with van der Waals surface area (Å²) in [4.78, 5) is 15.8. The second-order valence-corrected chi connectivity index (χ2v) is 5.62. The van der Waals surface area contributed by atoms with Gasteiger partial charge in [0.25, 0.3) is 0 Å². The first-order valence-corrected chi connectivity index (χ1v) is 7.51. The van der Waals surface area contributed by atoms with Gasteiger partial charge in [-0.15, -0.1) is 0 Å². The van der Waals surface area contributed by atoms with Crippen molar-refractivity contribution in [3.05, 3.63) is 42.1 Å². The quantitative estimate of drug-likeness (QED) is 0.888. The van der Waals surface area contributed by atoms with E-state index < -0.39 is 0 Å². The van der Waals surface area contributed by atoms with Gasteiger partial charge >= 0.3 is 0 Å². The summed E-state index contributed by atoms with van der Waals surface area (Å²) in [7, 11) is 0. The van der Waals surface area contributed by atoms with Gasteiger partial charge in [-0.3, -0.25) is 4.79 Å². The molecular weight excluding hydrogens is 294 g/mol. The van der Waals surface area contributed by atoms with Crippen LogP contribution in [0, 0.1) is 5.92 Å². The van der Waals surface area contributed by atoms with Gasteiger partial charge in [-0.25, -0.2) is 4.98 Å². The molecule has 3 rings (SSSR count). The Morgan fingerprint density at radius 2 is 2.04 bits per heavy atom. The van der Waals surface area contributed by atoms with Crippen LogP contribution in [0.1, 0.15) is 19.4 Å². The number of hydrogen-bond donors (Lipinski definition) is 2. The fraction of sp³-hybridized carbons (Fsp3) is 0.294. The maximum atomic E-state index is 11.6. The highest BCUT2D eigenvalue weighted by molar-refractivity contribution is 5.91.